The minimum Gasteiger partial charge on any atom is -0.496 e. The molecule has 1 aliphatic rings. The number of carbonyl (C=O) groups is 1. The lowest BCUT2D eigenvalue weighted by atomic mass is 9.98. The molecule has 3 rings (SSSR count). The molecule has 1 amide bonds. The number of piperidine rings is 1. The van der Waals surface area contributed by atoms with Gasteiger partial charge in [-0.2, -0.15) is 0 Å². The topological polar surface area (TPSA) is 79.0 Å². The molecule has 2 aromatic carbocycles. The number of amides is 1. The van der Waals surface area contributed by atoms with Crippen LogP contribution in [0.5, 0.6) is 5.75 Å². The molecule has 1 fully saturated rings. The number of methoxy groups -OCH3 is 1. The Labute approximate surface area is 185 Å². The highest BCUT2D eigenvalue weighted by atomic mass is 32.2. The molecular formula is C23H31N3O4S. The zero-order chi connectivity index (χ0) is 22.4. The van der Waals surface area contributed by atoms with Crippen molar-refractivity contribution in [2.45, 2.75) is 24.7 Å². The number of carbonyl (C=O) groups excluding carboxylic acids is 1. The fourth-order valence-corrected chi connectivity index (χ4v) is 4.69. The molecule has 2 aromatic rings. The molecule has 8 heteroatoms. The summed E-state index contributed by atoms with van der Waals surface area (Å²) < 4.78 is 33.7. The molecule has 31 heavy (non-hydrogen) atoms. The maximum absolute atomic E-state index is 13.0. The van der Waals surface area contributed by atoms with Gasteiger partial charge in [-0.25, -0.2) is 13.1 Å². The lowest BCUT2D eigenvalue weighted by Gasteiger charge is -2.30. The molecule has 1 heterocycles. The van der Waals surface area contributed by atoms with Crippen LogP contribution in [-0.4, -0.2) is 59.6 Å². The van der Waals surface area contributed by atoms with Crippen LogP contribution in [0.3, 0.4) is 0 Å². The summed E-state index contributed by atoms with van der Waals surface area (Å²) in [5.74, 6) is 0.784. The predicted molar refractivity (Wildman–Crippen MR) is 122 cm³/mol. The highest BCUT2D eigenvalue weighted by molar-refractivity contribution is 7.89. The first-order valence-corrected chi connectivity index (χ1v) is 12.0. The van der Waals surface area contributed by atoms with E-state index in [1.807, 2.05) is 42.3 Å². The molecule has 0 saturated carbocycles. The molecule has 0 spiro atoms. The average molecular weight is 446 g/mol. The molecule has 0 aliphatic carbocycles. The second-order valence-corrected chi connectivity index (χ2v) is 9.76. The number of likely N-dealkylation sites (tertiary alicyclic amines) is 1. The molecule has 0 aromatic heterocycles. The molecule has 0 atom stereocenters. The van der Waals surface area contributed by atoms with Crippen molar-refractivity contribution in [2.24, 2.45) is 5.92 Å². The van der Waals surface area contributed by atoms with Gasteiger partial charge in [0, 0.05) is 38.9 Å². The maximum atomic E-state index is 13.0. The molecular weight excluding hydrogens is 414 g/mol. The standard InChI is InChI=1S/C23H31N3O4S/c1-18-11-14-26(15-12-18)23(27)21-17-20(9-10-22(21)30-3)31(28,29)24-13-16-25(2)19-7-5-4-6-8-19/h4-10,17-18,24H,11-16H2,1-3H3. The van der Waals surface area contributed by atoms with Crippen molar-refractivity contribution in [3.8, 4) is 5.75 Å². The Morgan fingerprint density at radius 3 is 2.48 bits per heavy atom. The molecule has 0 radical (unpaired) electrons. The largest absolute Gasteiger partial charge is 0.496 e. The normalized spacial score (nSPS) is 15.0. The predicted octanol–water partition coefficient (Wildman–Crippen LogP) is 2.98. The smallest absolute Gasteiger partial charge is 0.257 e. The Morgan fingerprint density at radius 2 is 1.84 bits per heavy atom. The number of rotatable bonds is 8. The van der Waals surface area contributed by atoms with Crippen molar-refractivity contribution < 1.29 is 17.9 Å². The van der Waals surface area contributed by atoms with Gasteiger partial charge in [0.1, 0.15) is 5.75 Å². The van der Waals surface area contributed by atoms with Gasteiger partial charge in [0.2, 0.25) is 10.0 Å². The first kappa shape index (κ1) is 23.1. The number of anilines is 1. The van der Waals surface area contributed by atoms with Gasteiger partial charge in [0.25, 0.3) is 5.91 Å². The first-order valence-electron chi connectivity index (χ1n) is 10.5. The van der Waals surface area contributed by atoms with E-state index in [-0.39, 0.29) is 22.9 Å². The van der Waals surface area contributed by atoms with Gasteiger partial charge in [0.15, 0.2) is 0 Å². The summed E-state index contributed by atoms with van der Waals surface area (Å²) in [7, 11) is -0.369. The van der Waals surface area contributed by atoms with Gasteiger partial charge >= 0.3 is 0 Å². The van der Waals surface area contributed by atoms with Crippen molar-refractivity contribution in [2.75, 3.05) is 45.2 Å². The minimum absolute atomic E-state index is 0.0596. The molecule has 0 bridgehead atoms. The summed E-state index contributed by atoms with van der Waals surface area (Å²) in [5.41, 5.74) is 1.29. The van der Waals surface area contributed by atoms with E-state index < -0.39 is 10.0 Å². The van der Waals surface area contributed by atoms with Crippen LogP contribution in [0, 0.1) is 5.92 Å². The Hall–Kier alpha value is -2.58. The van der Waals surface area contributed by atoms with Crippen molar-refractivity contribution in [1.29, 1.82) is 0 Å². The summed E-state index contributed by atoms with van der Waals surface area (Å²) in [6, 6.07) is 14.2. The summed E-state index contributed by atoms with van der Waals surface area (Å²) in [6.07, 6.45) is 1.89. The van der Waals surface area contributed by atoms with Gasteiger partial charge in [-0.05, 0) is 49.1 Å². The lowest BCUT2D eigenvalue weighted by Crippen LogP contribution is -2.38. The van der Waals surface area contributed by atoms with Crippen LogP contribution in [0.2, 0.25) is 0 Å². The summed E-state index contributed by atoms with van der Waals surface area (Å²) in [6.45, 7) is 4.27. The van der Waals surface area contributed by atoms with E-state index in [1.165, 1.54) is 19.2 Å². The quantitative estimate of drug-likeness (QED) is 0.676. The fraction of sp³-hybridized carbons (Fsp3) is 0.435. The highest BCUT2D eigenvalue weighted by Gasteiger charge is 2.26. The number of sulfonamides is 1. The van der Waals surface area contributed by atoms with Gasteiger partial charge in [-0.15, -0.1) is 0 Å². The van der Waals surface area contributed by atoms with Crippen LogP contribution in [-0.2, 0) is 10.0 Å². The van der Waals surface area contributed by atoms with Crippen molar-refractivity contribution in [1.82, 2.24) is 9.62 Å². The highest BCUT2D eigenvalue weighted by Crippen LogP contribution is 2.26. The summed E-state index contributed by atoms with van der Waals surface area (Å²) in [4.78, 5) is 16.9. The Kier molecular flexibility index (Phi) is 7.56. The van der Waals surface area contributed by atoms with Crippen LogP contribution in [0.4, 0.5) is 5.69 Å². The van der Waals surface area contributed by atoms with Crippen LogP contribution in [0.15, 0.2) is 53.4 Å². The van der Waals surface area contributed by atoms with Crippen LogP contribution >= 0.6 is 0 Å². The monoisotopic (exact) mass is 445 g/mol. The molecule has 168 valence electrons. The fourth-order valence-electron chi connectivity index (χ4n) is 3.65. The molecule has 1 aliphatic heterocycles. The second-order valence-electron chi connectivity index (χ2n) is 7.99. The number of para-hydroxylation sites is 1. The average Bonchev–Trinajstić information content (AvgIpc) is 2.79. The number of hydrogen-bond acceptors (Lipinski definition) is 5. The molecule has 1 saturated heterocycles. The van der Waals surface area contributed by atoms with Crippen LogP contribution < -0.4 is 14.4 Å². The number of ether oxygens (including phenoxy) is 1. The zero-order valence-corrected chi connectivity index (χ0v) is 19.2. The van der Waals surface area contributed by atoms with E-state index in [0.29, 0.717) is 31.3 Å². The van der Waals surface area contributed by atoms with E-state index in [1.54, 1.807) is 11.0 Å². The van der Waals surface area contributed by atoms with Crippen molar-refractivity contribution in [3.63, 3.8) is 0 Å². The second kappa shape index (κ2) is 10.2. The maximum Gasteiger partial charge on any atom is 0.257 e. The van der Waals surface area contributed by atoms with Crippen LogP contribution in [0.25, 0.3) is 0 Å². The van der Waals surface area contributed by atoms with Crippen molar-refractivity contribution >= 4 is 21.6 Å². The third kappa shape index (κ3) is 5.77. The molecule has 7 nitrogen and oxygen atoms in total. The molecule has 0 unspecified atom stereocenters. The number of benzene rings is 2. The van der Waals surface area contributed by atoms with E-state index in [4.69, 9.17) is 4.74 Å². The minimum atomic E-state index is -3.76. The lowest BCUT2D eigenvalue weighted by molar-refractivity contribution is 0.0693. The number of hydrogen-bond donors (Lipinski definition) is 1. The Bertz CT molecular complexity index is 987. The number of likely N-dealkylation sites (N-methyl/N-ethyl adjacent to an activating group) is 1. The Morgan fingerprint density at radius 1 is 1.16 bits per heavy atom. The van der Waals surface area contributed by atoms with E-state index in [2.05, 4.69) is 11.6 Å². The van der Waals surface area contributed by atoms with Crippen molar-refractivity contribution in [3.05, 3.63) is 54.1 Å². The van der Waals surface area contributed by atoms with Gasteiger partial charge < -0.3 is 14.5 Å². The van der Waals surface area contributed by atoms with Crippen LogP contribution in [0.1, 0.15) is 30.1 Å². The van der Waals surface area contributed by atoms with Gasteiger partial charge in [0.05, 0.1) is 17.6 Å². The zero-order valence-electron chi connectivity index (χ0n) is 18.4. The van der Waals surface area contributed by atoms with E-state index in [0.717, 1.165) is 18.5 Å². The SMILES string of the molecule is COc1ccc(S(=O)(=O)NCCN(C)c2ccccc2)cc1C(=O)N1CCC(C)CC1. The van der Waals surface area contributed by atoms with E-state index in [9.17, 15) is 13.2 Å². The summed E-state index contributed by atoms with van der Waals surface area (Å²) in [5, 5.41) is 0. The number of nitrogens with zero attached hydrogens (tertiary/aromatic N) is 2. The number of nitrogens with one attached hydrogen (secondary N) is 1. The van der Waals surface area contributed by atoms with E-state index >= 15 is 0 Å². The first-order chi connectivity index (χ1) is 14.8. The van der Waals surface area contributed by atoms with Gasteiger partial charge in [-0.3, -0.25) is 4.79 Å². The molecule has 1 N–H and O–H groups in total. The summed E-state index contributed by atoms with van der Waals surface area (Å²) >= 11 is 0. The van der Waals surface area contributed by atoms with Gasteiger partial charge in [-0.1, -0.05) is 25.1 Å². The third-order valence-electron chi connectivity index (χ3n) is 5.72. The third-order valence-corrected chi connectivity index (χ3v) is 7.18. The Balaban J connectivity index is 1.70.